The van der Waals surface area contributed by atoms with Crippen LogP contribution in [0.2, 0.25) is 0 Å². The molecule has 0 N–H and O–H groups in total. The summed E-state index contributed by atoms with van der Waals surface area (Å²) in [5, 5.41) is 0.561. The molecule has 10 heteroatoms. The molecule has 0 saturated carbocycles. The van der Waals surface area contributed by atoms with E-state index in [1.807, 2.05) is 19.2 Å². The first kappa shape index (κ1) is 23.2. The number of hydrogen-bond acceptors (Lipinski definition) is 7. The summed E-state index contributed by atoms with van der Waals surface area (Å²) < 4.78 is 40.7. The zero-order valence-electron chi connectivity index (χ0n) is 19.0. The maximum Gasteiger partial charge on any atom is 0.354 e. The van der Waals surface area contributed by atoms with Gasteiger partial charge < -0.3 is 14.0 Å². The molecule has 1 aliphatic heterocycles. The van der Waals surface area contributed by atoms with Gasteiger partial charge in [-0.3, -0.25) is 9.88 Å². The Morgan fingerprint density at radius 1 is 1.15 bits per heavy atom. The van der Waals surface area contributed by atoms with Gasteiger partial charge in [0.05, 0.1) is 18.6 Å². The van der Waals surface area contributed by atoms with Gasteiger partial charge in [-0.2, -0.15) is 4.31 Å². The van der Waals surface area contributed by atoms with Crippen LogP contribution < -0.4 is 4.74 Å². The number of aryl methyl sites for hydroxylation is 1. The lowest BCUT2D eigenvalue weighted by molar-refractivity contribution is 0.0590. The van der Waals surface area contributed by atoms with Crippen LogP contribution in [0.1, 0.15) is 23.0 Å². The molecule has 3 heterocycles. The van der Waals surface area contributed by atoms with Crippen molar-refractivity contribution >= 4 is 26.9 Å². The van der Waals surface area contributed by atoms with Gasteiger partial charge >= 0.3 is 5.97 Å². The first-order chi connectivity index (χ1) is 15.8. The SMILES string of the molecule is CCOc1ccc(S(=O)(=O)N2CCN(Cc3cc(C(=O)OC)n(C)c3)CC2)c2cccnc12. The Bertz CT molecular complexity index is 1260. The number of methoxy groups -OCH3 is 1. The summed E-state index contributed by atoms with van der Waals surface area (Å²) in [6.07, 6.45) is 3.53. The van der Waals surface area contributed by atoms with Gasteiger partial charge in [0.2, 0.25) is 10.0 Å². The highest BCUT2D eigenvalue weighted by molar-refractivity contribution is 7.89. The Morgan fingerprint density at radius 3 is 2.61 bits per heavy atom. The number of pyridine rings is 1. The van der Waals surface area contributed by atoms with Crippen molar-refractivity contribution in [2.75, 3.05) is 39.9 Å². The topological polar surface area (TPSA) is 94.0 Å². The van der Waals surface area contributed by atoms with E-state index >= 15 is 0 Å². The van der Waals surface area contributed by atoms with Gasteiger partial charge in [-0.1, -0.05) is 0 Å². The number of fused-ring (bicyclic) bond motifs is 1. The number of nitrogens with zero attached hydrogens (tertiary/aromatic N) is 4. The van der Waals surface area contributed by atoms with E-state index in [1.54, 1.807) is 42.1 Å². The van der Waals surface area contributed by atoms with E-state index in [0.29, 0.717) is 61.7 Å². The molecule has 176 valence electrons. The number of hydrogen-bond donors (Lipinski definition) is 0. The van der Waals surface area contributed by atoms with E-state index in [9.17, 15) is 13.2 Å². The number of piperazine rings is 1. The van der Waals surface area contributed by atoms with Crippen LogP contribution in [0.5, 0.6) is 5.75 Å². The van der Waals surface area contributed by atoms with E-state index in [4.69, 9.17) is 9.47 Å². The average molecular weight is 473 g/mol. The quantitative estimate of drug-likeness (QED) is 0.487. The summed E-state index contributed by atoms with van der Waals surface area (Å²) in [6, 6.07) is 8.60. The average Bonchev–Trinajstić information content (AvgIpc) is 3.19. The van der Waals surface area contributed by atoms with Gasteiger partial charge in [-0.25, -0.2) is 13.2 Å². The first-order valence-electron chi connectivity index (χ1n) is 10.8. The lowest BCUT2D eigenvalue weighted by Crippen LogP contribution is -2.48. The van der Waals surface area contributed by atoms with Crippen molar-refractivity contribution < 1.29 is 22.7 Å². The molecule has 1 saturated heterocycles. The van der Waals surface area contributed by atoms with Crippen molar-refractivity contribution in [2.24, 2.45) is 7.05 Å². The Morgan fingerprint density at radius 2 is 1.91 bits per heavy atom. The Kier molecular flexibility index (Phi) is 6.68. The number of aromatic nitrogens is 2. The zero-order valence-corrected chi connectivity index (χ0v) is 19.8. The third-order valence-electron chi connectivity index (χ3n) is 5.80. The maximum absolute atomic E-state index is 13.5. The van der Waals surface area contributed by atoms with Crippen molar-refractivity contribution in [1.29, 1.82) is 0 Å². The third kappa shape index (κ3) is 4.59. The monoisotopic (exact) mass is 472 g/mol. The Labute approximate surface area is 193 Å². The van der Waals surface area contributed by atoms with E-state index in [1.165, 1.54) is 11.4 Å². The fraction of sp³-hybridized carbons (Fsp3) is 0.391. The summed E-state index contributed by atoms with van der Waals surface area (Å²) >= 11 is 0. The van der Waals surface area contributed by atoms with Crippen molar-refractivity contribution in [2.45, 2.75) is 18.4 Å². The highest BCUT2D eigenvalue weighted by Crippen LogP contribution is 2.31. The number of sulfonamides is 1. The summed E-state index contributed by atoms with van der Waals surface area (Å²) in [6.45, 7) is 4.94. The molecule has 9 nitrogen and oxygen atoms in total. The third-order valence-corrected chi connectivity index (χ3v) is 7.76. The van der Waals surface area contributed by atoms with Gasteiger partial charge in [0.15, 0.2) is 0 Å². The Balaban J connectivity index is 1.49. The number of esters is 1. The predicted octanol–water partition coefficient (Wildman–Crippen LogP) is 2.27. The molecule has 0 bridgehead atoms. The fourth-order valence-electron chi connectivity index (χ4n) is 4.17. The lowest BCUT2D eigenvalue weighted by Gasteiger charge is -2.34. The second-order valence-electron chi connectivity index (χ2n) is 7.91. The normalized spacial score (nSPS) is 15.6. The first-order valence-corrected chi connectivity index (χ1v) is 12.3. The lowest BCUT2D eigenvalue weighted by atomic mass is 10.2. The van der Waals surface area contributed by atoms with Crippen molar-refractivity contribution in [3.63, 3.8) is 0 Å². The maximum atomic E-state index is 13.5. The standard InChI is InChI=1S/C23H28N4O5S/c1-4-32-20-7-8-21(18-6-5-9-24-22(18)20)33(29,30)27-12-10-26(11-13-27)16-17-14-19(23(28)31-3)25(2)15-17/h5-9,14-15H,4,10-13,16H2,1-3H3. The van der Waals surface area contributed by atoms with Gasteiger partial charge in [-0.05, 0) is 42.8 Å². The molecule has 0 atom stereocenters. The van der Waals surface area contributed by atoms with E-state index in [0.717, 1.165) is 5.56 Å². The van der Waals surface area contributed by atoms with Crippen LogP contribution in [0.25, 0.3) is 10.9 Å². The molecule has 2 aromatic heterocycles. The predicted molar refractivity (Wildman–Crippen MR) is 124 cm³/mol. The van der Waals surface area contributed by atoms with Crippen LogP contribution in [0.3, 0.4) is 0 Å². The summed E-state index contributed by atoms with van der Waals surface area (Å²) in [5.74, 6) is 0.197. The molecule has 4 rings (SSSR count). The van der Waals surface area contributed by atoms with Gasteiger partial charge in [-0.15, -0.1) is 0 Å². The largest absolute Gasteiger partial charge is 0.492 e. The molecule has 0 spiro atoms. The molecule has 33 heavy (non-hydrogen) atoms. The molecular weight excluding hydrogens is 444 g/mol. The minimum atomic E-state index is -3.69. The summed E-state index contributed by atoms with van der Waals surface area (Å²) in [5.41, 5.74) is 2.02. The second-order valence-corrected chi connectivity index (χ2v) is 9.82. The van der Waals surface area contributed by atoms with Crippen LogP contribution in [-0.4, -0.2) is 73.0 Å². The van der Waals surface area contributed by atoms with E-state index < -0.39 is 10.0 Å². The van der Waals surface area contributed by atoms with Crippen LogP contribution in [0.4, 0.5) is 0 Å². The molecular formula is C23H28N4O5S. The minimum Gasteiger partial charge on any atom is -0.492 e. The van der Waals surface area contributed by atoms with Crippen molar-refractivity contribution in [3.05, 3.63) is 54.0 Å². The zero-order chi connectivity index (χ0) is 23.6. The smallest absolute Gasteiger partial charge is 0.354 e. The Hall–Kier alpha value is -2.95. The van der Waals surface area contributed by atoms with E-state index in [-0.39, 0.29) is 10.9 Å². The van der Waals surface area contributed by atoms with E-state index in [2.05, 4.69) is 9.88 Å². The van der Waals surface area contributed by atoms with Crippen LogP contribution in [-0.2, 0) is 28.4 Å². The molecule has 0 unspecified atom stereocenters. The highest BCUT2D eigenvalue weighted by atomic mass is 32.2. The molecule has 3 aromatic rings. The molecule has 1 fully saturated rings. The second kappa shape index (κ2) is 9.50. The summed E-state index contributed by atoms with van der Waals surface area (Å²) in [7, 11) is -0.527. The van der Waals surface area contributed by atoms with Crippen LogP contribution in [0.15, 0.2) is 47.6 Å². The number of benzene rings is 1. The number of rotatable bonds is 7. The molecule has 1 aromatic carbocycles. The van der Waals surface area contributed by atoms with Gasteiger partial charge in [0.25, 0.3) is 0 Å². The number of ether oxygens (including phenoxy) is 2. The molecule has 0 radical (unpaired) electrons. The number of carbonyl (C=O) groups excluding carboxylic acids is 1. The van der Waals surface area contributed by atoms with Gasteiger partial charge in [0, 0.05) is 57.6 Å². The van der Waals surface area contributed by atoms with Crippen LogP contribution >= 0.6 is 0 Å². The molecule has 1 aliphatic rings. The minimum absolute atomic E-state index is 0.244. The van der Waals surface area contributed by atoms with Crippen molar-refractivity contribution in [1.82, 2.24) is 18.8 Å². The van der Waals surface area contributed by atoms with Crippen molar-refractivity contribution in [3.8, 4) is 5.75 Å². The number of carbonyl (C=O) groups is 1. The molecule has 0 amide bonds. The van der Waals surface area contributed by atoms with Gasteiger partial charge in [0.1, 0.15) is 17.0 Å². The molecule has 0 aliphatic carbocycles. The van der Waals surface area contributed by atoms with Crippen LogP contribution in [0, 0.1) is 0 Å². The highest BCUT2D eigenvalue weighted by Gasteiger charge is 2.30. The fourth-order valence-corrected chi connectivity index (χ4v) is 5.77. The summed E-state index contributed by atoms with van der Waals surface area (Å²) in [4.78, 5) is 18.6.